The predicted molar refractivity (Wildman–Crippen MR) is 115 cm³/mol. The standard InChI is InChI=1S/C23H19N3O3S/c1-16-9-11-18(12-10-16)22-24-25-23(29-22)19-6-4-7-20(15-19)30(27,28)26-14-13-17-5-2-3-8-21(17)26/h2-12,15H,13-14H2,1H3. The second-order valence-electron chi connectivity index (χ2n) is 7.26. The van der Waals surface area contributed by atoms with Crippen LogP contribution in [-0.2, 0) is 16.4 Å². The highest BCUT2D eigenvalue weighted by Crippen LogP contribution is 2.34. The van der Waals surface area contributed by atoms with E-state index < -0.39 is 10.0 Å². The Labute approximate surface area is 174 Å². The van der Waals surface area contributed by atoms with Crippen LogP contribution >= 0.6 is 0 Å². The Morgan fingerprint density at radius 2 is 1.60 bits per heavy atom. The lowest BCUT2D eigenvalue weighted by Gasteiger charge is -2.19. The first-order valence-electron chi connectivity index (χ1n) is 9.64. The Morgan fingerprint density at radius 1 is 0.867 bits per heavy atom. The van der Waals surface area contributed by atoms with Gasteiger partial charge in [-0.1, -0.05) is 42.0 Å². The van der Waals surface area contributed by atoms with Gasteiger partial charge in [0.25, 0.3) is 10.0 Å². The number of rotatable bonds is 4. The van der Waals surface area contributed by atoms with Gasteiger partial charge < -0.3 is 4.42 Å². The molecule has 0 aliphatic carbocycles. The largest absolute Gasteiger partial charge is 0.416 e. The van der Waals surface area contributed by atoms with Crippen molar-refractivity contribution < 1.29 is 12.8 Å². The molecule has 0 saturated carbocycles. The number of para-hydroxylation sites is 1. The van der Waals surface area contributed by atoms with E-state index in [0.29, 0.717) is 24.4 Å². The number of hydrogen-bond donors (Lipinski definition) is 0. The molecule has 30 heavy (non-hydrogen) atoms. The van der Waals surface area contributed by atoms with E-state index in [-0.39, 0.29) is 10.8 Å². The molecule has 0 amide bonds. The zero-order valence-corrected chi connectivity index (χ0v) is 17.1. The number of anilines is 1. The molecule has 0 radical (unpaired) electrons. The van der Waals surface area contributed by atoms with Crippen LogP contribution < -0.4 is 4.31 Å². The van der Waals surface area contributed by atoms with Crippen molar-refractivity contribution in [3.05, 3.63) is 83.9 Å². The SMILES string of the molecule is Cc1ccc(-c2nnc(-c3cccc(S(=O)(=O)N4CCc5ccccc54)c3)o2)cc1. The van der Waals surface area contributed by atoms with Crippen LogP contribution in [0.2, 0.25) is 0 Å². The van der Waals surface area contributed by atoms with Crippen LogP contribution in [0.25, 0.3) is 22.9 Å². The second-order valence-corrected chi connectivity index (χ2v) is 9.12. The zero-order valence-electron chi connectivity index (χ0n) is 16.3. The van der Waals surface area contributed by atoms with Crippen molar-refractivity contribution in [3.63, 3.8) is 0 Å². The predicted octanol–water partition coefficient (Wildman–Crippen LogP) is 4.46. The third-order valence-corrected chi connectivity index (χ3v) is 7.05. The Hall–Kier alpha value is -3.45. The second kappa shape index (κ2) is 7.11. The molecule has 3 aromatic carbocycles. The van der Waals surface area contributed by atoms with Crippen molar-refractivity contribution in [2.24, 2.45) is 0 Å². The zero-order chi connectivity index (χ0) is 20.7. The van der Waals surface area contributed by atoms with Crippen LogP contribution in [0.3, 0.4) is 0 Å². The topological polar surface area (TPSA) is 76.3 Å². The molecule has 0 bridgehead atoms. The maximum atomic E-state index is 13.3. The number of nitrogens with zero attached hydrogens (tertiary/aromatic N) is 3. The molecule has 0 N–H and O–H groups in total. The van der Waals surface area contributed by atoms with Gasteiger partial charge in [-0.3, -0.25) is 4.31 Å². The molecular formula is C23H19N3O3S. The first kappa shape index (κ1) is 18.6. The fraction of sp³-hybridized carbons (Fsp3) is 0.130. The Balaban J connectivity index is 1.49. The highest BCUT2D eigenvalue weighted by molar-refractivity contribution is 7.92. The third kappa shape index (κ3) is 3.17. The average molecular weight is 417 g/mol. The number of fused-ring (bicyclic) bond motifs is 1. The number of aryl methyl sites for hydroxylation is 1. The van der Waals surface area contributed by atoms with E-state index in [4.69, 9.17) is 4.42 Å². The van der Waals surface area contributed by atoms with Crippen LogP contribution in [0.15, 0.2) is 82.1 Å². The van der Waals surface area contributed by atoms with Gasteiger partial charge in [-0.2, -0.15) is 0 Å². The lowest BCUT2D eigenvalue weighted by Crippen LogP contribution is -2.29. The maximum Gasteiger partial charge on any atom is 0.264 e. The first-order valence-corrected chi connectivity index (χ1v) is 11.1. The van der Waals surface area contributed by atoms with E-state index in [1.54, 1.807) is 24.3 Å². The fourth-order valence-corrected chi connectivity index (χ4v) is 5.18. The third-order valence-electron chi connectivity index (χ3n) is 5.24. The van der Waals surface area contributed by atoms with E-state index in [1.807, 2.05) is 55.5 Å². The van der Waals surface area contributed by atoms with Gasteiger partial charge >= 0.3 is 0 Å². The summed E-state index contributed by atoms with van der Waals surface area (Å²) in [5.74, 6) is 0.677. The molecule has 0 saturated heterocycles. The van der Waals surface area contributed by atoms with Gasteiger partial charge in [-0.15, -0.1) is 10.2 Å². The molecule has 1 aromatic heterocycles. The van der Waals surface area contributed by atoms with Gasteiger partial charge in [0, 0.05) is 17.7 Å². The lowest BCUT2D eigenvalue weighted by molar-refractivity contribution is 0.584. The van der Waals surface area contributed by atoms with E-state index in [9.17, 15) is 8.42 Å². The normalized spacial score (nSPS) is 13.4. The van der Waals surface area contributed by atoms with Crippen molar-refractivity contribution in [2.75, 3.05) is 10.8 Å². The van der Waals surface area contributed by atoms with Gasteiger partial charge in [-0.05, 0) is 55.3 Å². The molecule has 5 rings (SSSR count). The Morgan fingerprint density at radius 3 is 2.40 bits per heavy atom. The summed E-state index contributed by atoms with van der Waals surface area (Å²) in [6, 6.07) is 22.0. The summed E-state index contributed by atoms with van der Waals surface area (Å²) in [5, 5.41) is 8.23. The smallest absolute Gasteiger partial charge is 0.264 e. The number of hydrogen-bond acceptors (Lipinski definition) is 5. The van der Waals surface area contributed by atoms with Crippen molar-refractivity contribution in [1.29, 1.82) is 0 Å². The quantitative estimate of drug-likeness (QED) is 0.490. The van der Waals surface area contributed by atoms with E-state index in [0.717, 1.165) is 22.4 Å². The molecule has 4 aromatic rings. The Kier molecular flexibility index (Phi) is 4.40. The van der Waals surface area contributed by atoms with Crippen LogP contribution in [-0.4, -0.2) is 25.2 Å². The van der Waals surface area contributed by atoms with Crippen molar-refractivity contribution in [2.45, 2.75) is 18.2 Å². The van der Waals surface area contributed by atoms with Crippen molar-refractivity contribution in [1.82, 2.24) is 10.2 Å². The van der Waals surface area contributed by atoms with Crippen LogP contribution in [0.4, 0.5) is 5.69 Å². The summed E-state index contributed by atoms with van der Waals surface area (Å²) >= 11 is 0. The summed E-state index contributed by atoms with van der Waals surface area (Å²) in [6.45, 7) is 2.44. The monoisotopic (exact) mass is 417 g/mol. The molecule has 0 spiro atoms. The molecule has 0 atom stereocenters. The molecule has 150 valence electrons. The van der Waals surface area contributed by atoms with Gasteiger partial charge in [0.2, 0.25) is 11.8 Å². The highest BCUT2D eigenvalue weighted by Gasteiger charge is 2.31. The van der Waals surface area contributed by atoms with Gasteiger partial charge in [0.1, 0.15) is 0 Å². The fourth-order valence-electron chi connectivity index (χ4n) is 3.63. The number of aromatic nitrogens is 2. The van der Waals surface area contributed by atoms with Gasteiger partial charge in [0.15, 0.2) is 0 Å². The first-order chi connectivity index (χ1) is 14.5. The average Bonchev–Trinajstić information content (AvgIpc) is 3.42. The van der Waals surface area contributed by atoms with E-state index >= 15 is 0 Å². The molecule has 0 unspecified atom stereocenters. The number of benzene rings is 3. The minimum atomic E-state index is -3.69. The van der Waals surface area contributed by atoms with E-state index in [2.05, 4.69) is 10.2 Å². The molecule has 6 nitrogen and oxygen atoms in total. The highest BCUT2D eigenvalue weighted by atomic mass is 32.2. The summed E-state index contributed by atoms with van der Waals surface area (Å²) in [7, 11) is -3.69. The minimum absolute atomic E-state index is 0.201. The summed E-state index contributed by atoms with van der Waals surface area (Å²) in [5.41, 5.74) is 4.30. The molecular weight excluding hydrogens is 398 g/mol. The summed E-state index contributed by atoms with van der Waals surface area (Å²) in [4.78, 5) is 0.201. The van der Waals surface area contributed by atoms with Gasteiger partial charge in [0.05, 0.1) is 10.6 Å². The molecule has 1 aliphatic rings. The molecule has 1 aliphatic heterocycles. The Bertz CT molecular complexity index is 1330. The van der Waals surface area contributed by atoms with Crippen molar-refractivity contribution >= 4 is 15.7 Å². The van der Waals surface area contributed by atoms with Crippen LogP contribution in [0.1, 0.15) is 11.1 Å². The van der Waals surface area contributed by atoms with Crippen molar-refractivity contribution in [3.8, 4) is 22.9 Å². The van der Waals surface area contributed by atoms with E-state index in [1.165, 1.54) is 4.31 Å². The summed E-state index contributed by atoms with van der Waals surface area (Å²) < 4.78 is 33.9. The van der Waals surface area contributed by atoms with Crippen LogP contribution in [0, 0.1) is 6.92 Å². The molecule has 2 heterocycles. The van der Waals surface area contributed by atoms with Gasteiger partial charge in [-0.25, -0.2) is 8.42 Å². The molecule has 7 heteroatoms. The molecule has 0 fully saturated rings. The summed E-state index contributed by atoms with van der Waals surface area (Å²) in [6.07, 6.45) is 0.707. The maximum absolute atomic E-state index is 13.3. The minimum Gasteiger partial charge on any atom is -0.416 e. The van der Waals surface area contributed by atoms with Crippen LogP contribution in [0.5, 0.6) is 0 Å². The lowest BCUT2D eigenvalue weighted by atomic mass is 10.1. The number of sulfonamides is 1.